The molecular weight excluding hydrogens is 447 g/mol. The maximum Gasteiger partial charge on any atom is 0.262 e. The second-order valence-corrected chi connectivity index (χ2v) is 8.97. The van der Waals surface area contributed by atoms with Crippen LogP contribution in [0.2, 0.25) is 0 Å². The Balaban J connectivity index is 1.60. The lowest BCUT2D eigenvalue weighted by atomic mass is 10.2. The van der Waals surface area contributed by atoms with Gasteiger partial charge < -0.3 is 14.8 Å². The molecule has 3 rings (SSSR count). The summed E-state index contributed by atoms with van der Waals surface area (Å²) < 4.78 is 51.7. The summed E-state index contributed by atoms with van der Waals surface area (Å²) in [5, 5.41) is 2.74. The summed E-state index contributed by atoms with van der Waals surface area (Å²) in [4.78, 5) is 12.2. The van der Waals surface area contributed by atoms with Crippen LogP contribution in [0, 0.1) is 12.7 Å². The van der Waals surface area contributed by atoms with E-state index < -0.39 is 15.8 Å². The number of rotatable bonds is 10. The molecular formula is C24H25FN2O5S. The van der Waals surface area contributed by atoms with E-state index in [1.54, 1.807) is 12.1 Å². The standard InChI is InChI=1S/C24H25FN2O5S/c1-17-5-3-6-20(15-17)32-14-4-7-24(28)26-19-10-13-23(31-2)22(16-19)27-33(29,30)21-11-8-18(25)9-12-21/h3,5-6,8-13,15-16,27H,4,7,14H2,1-2H3,(H,26,28). The van der Waals surface area contributed by atoms with Gasteiger partial charge in [-0.1, -0.05) is 12.1 Å². The molecule has 0 aromatic heterocycles. The molecule has 0 bridgehead atoms. The van der Waals surface area contributed by atoms with Crippen molar-refractivity contribution in [3.05, 3.63) is 78.1 Å². The van der Waals surface area contributed by atoms with Crippen molar-refractivity contribution in [3.8, 4) is 11.5 Å². The van der Waals surface area contributed by atoms with Gasteiger partial charge in [0.25, 0.3) is 10.0 Å². The lowest BCUT2D eigenvalue weighted by Crippen LogP contribution is -2.15. The fourth-order valence-electron chi connectivity index (χ4n) is 3.03. The fourth-order valence-corrected chi connectivity index (χ4v) is 4.10. The highest BCUT2D eigenvalue weighted by molar-refractivity contribution is 7.92. The average molecular weight is 473 g/mol. The van der Waals surface area contributed by atoms with Crippen LogP contribution in [0.5, 0.6) is 11.5 Å². The zero-order valence-electron chi connectivity index (χ0n) is 18.3. The minimum Gasteiger partial charge on any atom is -0.495 e. The van der Waals surface area contributed by atoms with Crippen LogP contribution in [-0.4, -0.2) is 28.0 Å². The van der Waals surface area contributed by atoms with Gasteiger partial charge in [-0.3, -0.25) is 9.52 Å². The summed E-state index contributed by atoms with van der Waals surface area (Å²) in [5.41, 5.74) is 1.63. The van der Waals surface area contributed by atoms with E-state index in [4.69, 9.17) is 9.47 Å². The molecule has 0 radical (unpaired) electrons. The van der Waals surface area contributed by atoms with Gasteiger partial charge in [0.15, 0.2) is 0 Å². The number of sulfonamides is 1. The zero-order chi connectivity index (χ0) is 23.8. The first-order valence-corrected chi connectivity index (χ1v) is 11.7. The number of ether oxygens (including phenoxy) is 2. The molecule has 0 saturated heterocycles. The maximum atomic E-state index is 13.1. The van der Waals surface area contributed by atoms with Crippen molar-refractivity contribution in [2.75, 3.05) is 23.8 Å². The summed E-state index contributed by atoms with van der Waals surface area (Å²) in [6.45, 7) is 2.37. The molecule has 0 atom stereocenters. The molecule has 0 unspecified atom stereocenters. The van der Waals surface area contributed by atoms with Crippen molar-refractivity contribution in [2.24, 2.45) is 0 Å². The van der Waals surface area contributed by atoms with E-state index in [0.29, 0.717) is 18.7 Å². The molecule has 9 heteroatoms. The normalized spacial score (nSPS) is 11.0. The third-order valence-corrected chi connectivity index (χ3v) is 6.04. The minimum absolute atomic E-state index is 0.103. The number of anilines is 2. The van der Waals surface area contributed by atoms with Gasteiger partial charge in [0, 0.05) is 12.1 Å². The Morgan fingerprint density at radius 2 is 1.79 bits per heavy atom. The van der Waals surface area contributed by atoms with Crippen LogP contribution in [0.1, 0.15) is 18.4 Å². The number of methoxy groups -OCH3 is 1. The highest BCUT2D eigenvalue weighted by Crippen LogP contribution is 2.30. The third kappa shape index (κ3) is 6.95. The van der Waals surface area contributed by atoms with Gasteiger partial charge in [-0.2, -0.15) is 0 Å². The van der Waals surface area contributed by atoms with Crippen LogP contribution >= 0.6 is 0 Å². The third-order valence-electron chi connectivity index (χ3n) is 4.66. The molecule has 2 N–H and O–H groups in total. The van der Waals surface area contributed by atoms with Gasteiger partial charge in [0.2, 0.25) is 5.91 Å². The Morgan fingerprint density at radius 3 is 2.48 bits per heavy atom. The Bertz CT molecular complexity index is 1210. The van der Waals surface area contributed by atoms with Gasteiger partial charge >= 0.3 is 0 Å². The number of carbonyl (C=O) groups excluding carboxylic acids is 1. The first-order chi connectivity index (χ1) is 15.8. The number of halogens is 1. The summed E-state index contributed by atoms with van der Waals surface area (Å²) in [7, 11) is -2.58. The van der Waals surface area contributed by atoms with Crippen LogP contribution in [0.15, 0.2) is 71.6 Å². The summed E-state index contributed by atoms with van der Waals surface area (Å²) in [6, 6.07) is 16.7. The van der Waals surface area contributed by atoms with E-state index in [0.717, 1.165) is 35.6 Å². The molecule has 0 heterocycles. The topological polar surface area (TPSA) is 93.7 Å². The van der Waals surface area contributed by atoms with E-state index in [-0.39, 0.29) is 28.7 Å². The summed E-state index contributed by atoms with van der Waals surface area (Å²) in [5.74, 6) is 0.245. The highest BCUT2D eigenvalue weighted by atomic mass is 32.2. The molecule has 0 fully saturated rings. The summed E-state index contributed by atoms with van der Waals surface area (Å²) in [6.07, 6.45) is 0.745. The Hall–Kier alpha value is -3.59. The molecule has 0 saturated carbocycles. The maximum absolute atomic E-state index is 13.1. The first kappa shape index (κ1) is 24.1. The number of amides is 1. The predicted octanol–water partition coefficient (Wildman–Crippen LogP) is 4.74. The van der Waals surface area contributed by atoms with Crippen molar-refractivity contribution in [1.82, 2.24) is 0 Å². The SMILES string of the molecule is COc1ccc(NC(=O)CCCOc2cccc(C)c2)cc1NS(=O)(=O)c1ccc(F)cc1. The zero-order valence-corrected chi connectivity index (χ0v) is 19.1. The fraction of sp³-hybridized carbons (Fsp3) is 0.208. The van der Waals surface area contributed by atoms with E-state index in [1.807, 2.05) is 31.2 Å². The number of carbonyl (C=O) groups is 1. The molecule has 33 heavy (non-hydrogen) atoms. The molecule has 3 aromatic carbocycles. The van der Waals surface area contributed by atoms with Crippen LogP contribution in [0.3, 0.4) is 0 Å². The van der Waals surface area contributed by atoms with Gasteiger partial charge in [-0.05, 0) is 73.5 Å². The van der Waals surface area contributed by atoms with Crippen molar-refractivity contribution in [3.63, 3.8) is 0 Å². The number of aryl methyl sites for hydroxylation is 1. The summed E-state index contributed by atoms with van der Waals surface area (Å²) >= 11 is 0. The van der Waals surface area contributed by atoms with Gasteiger partial charge in [-0.15, -0.1) is 0 Å². The van der Waals surface area contributed by atoms with Crippen LogP contribution in [0.25, 0.3) is 0 Å². The molecule has 0 aliphatic carbocycles. The van der Waals surface area contributed by atoms with E-state index in [1.165, 1.54) is 13.2 Å². The molecule has 1 amide bonds. The Labute approximate surface area is 192 Å². The Kier molecular flexibility index (Phi) is 7.89. The number of hydrogen-bond donors (Lipinski definition) is 2. The second-order valence-electron chi connectivity index (χ2n) is 7.29. The molecule has 0 aliphatic heterocycles. The first-order valence-electron chi connectivity index (χ1n) is 10.2. The van der Waals surface area contributed by atoms with Crippen molar-refractivity contribution >= 4 is 27.3 Å². The molecule has 7 nitrogen and oxygen atoms in total. The van der Waals surface area contributed by atoms with Crippen LogP contribution < -0.4 is 19.5 Å². The largest absolute Gasteiger partial charge is 0.495 e. The molecule has 3 aromatic rings. The minimum atomic E-state index is -3.98. The molecule has 0 spiro atoms. The van der Waals surface area contributed by atoms with E-state index in [9.17, 15) is 17.6 Å². The monoisotopic (exact) mass is 472 g/mol. The van der Waals surface area contributed by atoms with Gasteiger partial charge in [0.05, 0.1) is 24.3 Å². The van der Waals surface area contributed by atoms with Gasteiger partial charge in [0.1, 0.15) is 17.3 Å². The molecule has 0 aliphatic rings. The number of hydrogen-bond acceptors (Lipinski definition) is 5. The highest BCUT2D eigenvalue weighted by Gasteiger charge is 2.17. The van der Waals surface area contributed by atoms with E-state index in [2.05, 4.69) is 10.0 Å². The quantitative estimate of drug-likeness (QED) is 0.416. The van der Waals surface area contributed by atoms with E-state index >= 15 is 0 Å². The Morgan fingerprint density at radius 1 is 1.03 bits per heavy atom. The number of nitrogens with one attached hydrogen (secondary N) is 2. The van der Waals surface area contributed by atoms with Crippen LogP contribution in [0.4, 0.5) is 15.8 Å². The average Bonchev–Trinajstić information content (AvgIpc) is 2.77. The lowest BCUT2D eigenvalue weighted by molar-refractivity contribution is -0.116. The van der Waals surface area contributed by atoms with Crippen molar-refractivity contribution in [1.29, 1.82) is 0 Å². The molecule has 174 valence electrons. The predicted molar refractivity (Wildman–Crippen MR) is 125 cm³/mol. The van der Waals surface area contributed by atoms with Gasteiger partial charge in [-0.25, -0.2) is 12.8 Å². The second kappa shape index (κ2) is 10.8. The number of benzene rings is 3. The van der Waals surface area contributed by atoms with Crippen molar-refractivity contribution in [2.45, 2.75) is 24.7 Å². The van der Waals surface area contributed by atoms with Crippen molar-refractivity contribution < 1.29 is 27.1 Å². The smallest absolute Gasteiger partial charge is 0.262 e. The lowest BCUT2D eigenvalue weighted by Gasteiger charge is -2.14. The van der Waals surface area contributed by atoms with Crippen LogP contribution in [-0.2, 0) is 14.8 Å².